The number of likely N-dealkylation sites (tertiary alicyclic amines) is 1. The van der Waals surface area contributed by atoms with E-state index in [1.165, 1.54) is 0 Å². The van der Waals surface area contributed by atoms with Crippen molar-refractivity contribution in [2.24, 2.45) is 0 Å². The van der Waals surface area contributed by atoms with Gasteiger partial charge in [-0.2, -0.15) is 0 Å². The third-order valence-electron chi connectivity index (χ3n) is 5.61. The Hall–Kier alpha value is -1.95. The molecule has 2 aromatic rings. The van der Waals surface area contributed by atoms with Gasteiger partial charge in [0.15, 0.2) is 0 Å². The van der Waals surface area contributed by atoms with Crippen molar-refractivity contribution in [1.82, 2.24) is 9.88 Å². The third kappa shape index (κ3) is 7.91. The number of carbonyl (C=O) groups is 1. The number of halogens is 1. The van der Waals surface area contributed by atoms with Gasteiger partial charge in [-0.3, -0.25) is 9.78 Å². The highest BCUT2D eigenvalue weighted by atomic mass is 35.5. The van der Waals surface area contributed by atoms with Crippen LogP contribution in [0.3, 0.4) is 0 Å². The molecule has 0 saturated carbocycles. The summed E-state index contributed by atoms with van der Waals surface area (Å²) in [5, 5.41) is 0.714. The second-order valence-electron chi connectivity index (χ2n) is 8.04. The summed E-state index contributed by atoms with van der Waals surface area (Å²) in [5.74, 6) is -0.0761. The molecule has 6 heteroatoms. The van der Waals surface area contributed by atoms with Gasteiger partial charge in [0.2, 0.25) is 0 Å². The van der Waals surface area contributed by atoms with Gasteiger partial charge in [0.05, 0.1) is 18.4 Å². The van der Waals surface area contributed by atoms with E-state index in [0.29, 0.717) is 18.1 Å². The monoisotopic (exact) mass is 444 g/mol. The van der Waals surface area contributed by atoms with Crippen LogP contribution < -0.4 is 0 Å². The van der Waals surface area contributed by atoms with E-state index in [4.69, 9.17) is 21.1 Å². The number of piperidine rings is 1. The second kappa shape index (κ2) is 12.8. The first-order valence-electron chi connectivity index (χ1n) is 11.4. The molecule has 168 valence electrons. The predicted molar refractivity (Wildman–Crippen MR) is 123 cm³/mol. The molecule has 1 saturated heterocycles. The summed E-state index contributed by atoms with van der Waals surface area (Å²) >= 11 is 6.07. The van der Waals surface area contributed by atoms with Crippen molar-refractivity contribution in [2.75, 3.05) is 26.2 Å². The van der Waals surface area contributed by atoms with Crippen LogP contribution in [0, 0.1) is 0 Å². The van der Waals surface area contributed by atoms with Crippen LogP contribution in [0.1, 0.15) is 62.8 Å². The smallest absolute Gasteiger partial charge is 0.305 e. The van der Waals surface area contributed by atoms with Crippen LogP contribution in [0.4, 0.5) is 0 Å². The fraction of sp³-hybridized carbons (Fsp3) is 0.520. The van der Waals surface area contributed by atoms with Crippen LogP contribution in [0.15, 0.2) is 48.7 Å². The summed E-state index contributed by atoms with van der Waals surface area (Å²) in [6.07, 6.45) is 7.05. The summed E-state index contributed by atoms with van der Waals surface area (Å²) in [5.41, 5.74) is 1.97. The summed E-state index contributed by atoms with van der Waals surface area (Å²) in [7, 11) is 0. The van der Waals surface area contributed by atoms with Crippen molar-refractivity contribution in [2.45, 2.75) is 57.7 Å². The molecule has 1 aliphatic heterocycles. The molecule has 0 amide bonds. The quantitative estimate of drug-likeness (QED) is 0.341. The molecule has 2 heterocycles. The SMILES string of the molecule is CCCCOC(=O)CCCN1CCC(O[C@@H](c2ccc(Cl)cc2)c2ccccn2)CC1. The number of carbonyl (C=O) groups excluding carboxylic acids is 1. The Kier molecular flexibility index (Phi) is 9.79. The van der Waals surface area contributed by atoms with Gasteiger partial charge in [0, 0.05) is 30.7 Å². The number of esters is 1. The Labute approximate surface area is 190 Å². The van der Waals surface area contributed by atoms with Gasteiger partial charge in [0.1, 0.15) is 6.10 Å². The summed E-state index contributed by atoms with van der Waals surface area (Å²) in [6.45, 7) is 5.52. The molecule has 1 fully saturated rings. The molecule has 5 nitrogen and oxygen atoms in total. The Balaban J connectivity index is 1.47. The first-order chi connectivity index (χ1) is 15.2. The minimum absolute atomic E-state index is 0.0761. The molecular weight excluding hydrogens is 412 g/mol. The van der Waals surface area contributed by atoms with Crippen molar-refractivity contribution in [3.63, 3.8) is 0 Å². The van der Waals surface area contributed by atoms with Crippen LogP contribution in [-0.2, 0) is 14.3 Å². The average Bonchev–Trinajstić information content (AvgIpc) is 2.80. The maximum Gasteiger partial charge on any atom is 0.305 e. The van der Waals surface area contributed by atoms with E-state index < -0.39 is 0 Å². The lowest BCUT2D eigenvalue weighted by Gasteiger charge is -2.34. The maximum atomic E-state index is 11.7. The molecule has 1 atom stereocenters. The molecule has 0 radical (unpaired) electrons. The Bertz CT molecular complexity index is 777. The van der Waals surface area contributed by atoms with Gasteiger partial charge < -0.3 is 14.4 Å². The molecule has 1 aromatic carbocycles. The van der Waals surface area contributed by atoms with E-state index >= 15 is 0 Å². The lowest BCUT2D eigenvalue weighted by Crippen LogP contribution is -2.38. The van der Waals surface area contributed by atoms with Gasteiger partial charge in [-0.15, -0.1) is 0 Å². The second-order valence-corrected chi connectivity index (χ2v) is 8.48. The van der Waals surface area contributed by atoms with Crippen LogP contribution in [0.25, 0.3) is 0 Å². The van der Waals surface area contributed by atoms with Crippen LogP contribution in [-0.4, -0.2) is 48.2 Å². The Morgan fingerprint density at radius 3 is 2.61 bits per heavy atom. The number of nitrogens with zero attached hydrogens (tertiary/aromatic N) is 2. The average molecular weight is 445 g/mol. The highest BCUT2D eigenvalue weighted by Crippen LogP contribution is 2.29. The zero-order valence-corrected chi connectivity index (χ0v) is 19.1. The number of rotatable bonds is 11. The molecule has 0 unspecified atom stereocenters. The van der Waals surface area contributed by atoms with Gasteiger partial charge in [0.25, 0.3) is 0 Å². The topological polar surface area (TPSA) is 51.7 Å². The number of hydrogen-bond donors (Lipinski definition) is 0. The largest absolute Gasteiger partial charge is 0.466 e. The molecule has 0 N–H and O–H groups in total. The fourth-order valence-electron chi connectivity index (χ4n) is 3.80. The molecule has 3 rings (SSSR count). The number of hydrogen-bond acceptors (Lipinski definition) is 5. The van der Waals surface area contributed by atoms with Crippen molar-refractivity contribution in [3.05, 3.63) is 64.9 Å². The Morgan fingerprint density at radius 2 is 1.94 bits per heavy atom. The van der Waals surface area contributed by atoms with E-state index in [0.717, 1.165) is 63.0 Å². The third-order valence-corrected chi connectivity index (χ3v) is 5.86. The van der Waals surface area contributed by atoms with Crippen molar-refractivity contribution < 1.29 is 14.3 Å². The van der Waals surface area contributed by atoms with Gasteiger partial charge in [-0.1, -0.05) is 43.1 Å². The highest BCUT2D eigenvalue weighted by molar-refractivity contribution is 6.30. The van der Waals surface area contributed by atoms with E-state index in [2.05, 4.69) is 16.8 Å². The number of unbranched alkanes of at least 4 members (excludes halogenated alkanes) is 1. The fourth-order valence-corrected chi connectivity index (χ4v) is 3.92. The Morgan fingerprint density at radius 1 is 1.16 bits per heavy atom. The lowest BCUT2D eigenvalue weighted by atomic mass is 10.0. The van der Waals surface area contributed by atoms with Gasteiger partial charge in [-0.05, 0) is 62.1 Å². The van der Waals surface area contributed by atoms with Gasteiger partial charge >= 0.3 is 5.97 Å². The number of benzene rings is 1. The van der Waals surface area contributed by atoms with E-state index in [-0.39, 0.29) is 18.2 Å². The van der Waals surface area contributed by atoms with E-state index in [9.17, 15) is 4.79 Å². The molecule has 31 heavy (non-hydrogen) atoms. The molecule has 0 spiro atoms. The standard InChI is InChI=1S/C25H33ClN2O3/c1-2-3-19-30-24(29)8-6-16-28-17-13-22(14-18-28)31-25(23-7-4-5-15-27-23)20-9-11-21(26)12-10-20/h4-5,7,9-12,15,22,25H,2-3,6,8,13-14,16-19H2,1H3/t25-/m0/s1. The summed E-state index contributed by atoms with van der Waals surface area (Å²) < 4.78 is 11.8. The number of ether oxygens (including phenoxy) is 2. The van der Waals surface area contributed by atoms with E-state index in [1.807, 2.05) is 42.5 Å². The number of aromatic nitrogens is 1. The molecule has 0 bridgehead atoms. The molecule has 1 aliphatic rings. The van der Waals surface area contributed by atoms with Gasteiger partial charge in [-0.25, -0.2) is 0 Å². The minimum Gasteiger partial charge on any atom is -0.466 e. The van der Waals surface area contributed by atoms with Crippen LogP contribution in [0.5, 0.6) is 0 Å². The first-order valence-corrected chi connectivity index (χ1v) is 11.7. The predicted octanol–water partition coefficient (Wildman–Crippen LogP) is 5.43. The lowest BCUT2D eigenvalue weighted by molar-refractivity contribution is -0.144. The summed E-state index contributed by atoms with van der Waals surface area (Å²) in [4.78, 5) is 18.7. The molecule has 0 aliphatic carbocycles. The van der Waals surface area contributed by atoms with E-state index in [1.54, 1.807) is 6.20 Å². The van der Waals surface area contributed by atoms with Crippen molar-refractivity contribution in [1.29, 1.82) is 0 Å². The van der Waals surface area contributed by atoms with Crippen LogP contribution in [0.2, 0.25) is 5.02 Å². The summed E-state index contributed by atoms with van der Waals surface area (Å²) in [6, 6.07) is 13.7. The first kappa shape index (κ1) is 23.7. The zero-order valence-electron chi connectivity index (χ0n) is 18.3. The van der Waals surface area contributed by atoms with Crippen molar-refractivity contribution in [3.8, 4) is 0 Å². The molecule has 1 aromatic heterocycles. The van der Waals surface area contributed by atoms with Crippen molar-refractivity contribution >= 4 is 17.6 Å². The highest BCUT2D eigenvalue weighted by Gasteiger charge is 2.25. The zero-order chi connectivity index (χ0) is 21.9. The normalized spacial score (nSPS) is 16.2. The van der Waals surface area contributed by atoms with Crippen LogP contribution >= 0.6 is 11.6 Å². The molecular formula is C25H33ClN2O3. The minimum atomic E-state index is -0.201. The number of pyridine rings is 1. The maximum absolute atomic E-state index is 11.7.